The second-order valence-electron chi connectivity index (χ2n) is 3.73. The molecule has 0 fully saturated rings. The molecule has 1 aliphatic heterocycles. The third-order valence-corrected chi connectivity index (χ3v) is 3.06. The highest BCUT2D eigenvalue weighted by Gasteiger charge is 2.22. The van der Waals surface area contributed by atoms with Crippen molar-refractivity contribution in [3.63, 3.8) is 0 Å². The van der Waals surface area contributed by atoms with Crippen LogP contribution in [0.4, 0.5) is 0 Å². The number of β-amino-alcohol motifs (C(OH)–C–C–N with tert-alkyl or cyclic N) is 1. The number of rotatable bonds is 4. The van der Waals surface area contributed by atoms with Crippen molar-refractivity contribution in [2.45, 2.75) is 12.2 Å². The van der Waals surface area contributed by atoms with Gasteiger partial charge in [-0.25, -0.2) is 0 Å². The molecule has 0 saturated heterocycles. The van der Waals surface area contributed by atoms with E-state index < -0.39 is 0 Å². The Morgan fingerprint density at radius 3 is 2.50 bits per heavy atom. The molecule has 1 N–H and O–H groups in total. The van der Waals surface area contributed by atoms with Crippen LogP contribution in [0.1, 0.15) is 5.56 Å². The molecule has 0 aromatic heterocycles. The lowest BCUT2D eigenvalue weighted by atomic mass is 10.2. The first-order valence-electron chi connectivity index (χ1n) is 5.30. The molecule has 3 nitrogen and oxygen atoms in total. The van der Waals surface area contributed by atoms with E-state index in [1.807, 2.05) is 40.4 Å². The Kier molecular flexibility index (Phi) is 3.70. The van der Waals surface area contributed by atoms with E-state index in [0.717, 1.165) is 6.54 Å². The SMILES string of the molecule is OCCN1C=CN(Cc2ccccc2)C1Cl. The largest absolute Gasteiger partial charge is 0.395 e. The van der Waals surface area contributed by atoms with Crippen molar-refractivity contribution in [3.05, 3.63) is 48.3 Å². The molecule has 0 radical (unpaired) electrons. The minimum absolute atomic E-state index is 0.118. The highest BCUT2D eigenvalue weighted by atomic mass is 35.5. The van der Waals surface area contributed by atoms with E-state index >= 15 is 0 Å². The quantitative estimate of drug-likeness (QED) is 0.640. The zero-order valence-electron chi connectivity index (χ0n) is 8.96. The summed E-state index contributed by atoms with van der Waals surface area (Å²) in [6.45, 7) is 1.47. The lowest BCUT2D eigenvalue weighted by molar-refractivity contribution is 0.179. The van der Waals surface area contributed by atoms with Crippen molar-refractivity contribution in [1.82, 2.24) is 9.80 Å². The van der Waals surface area contributed by atoms with Gasteiger partial charge in [-0.05, 0) is 5.56 Å². The van der Waals surface area contributed by atoms with Crippen molar-refractivity contribution in [3.8, 4) is 0 Å². The molecule has 1 aromatic rings. The van der Waals surface area contributed by atoms with Crippen LogP contribution in [0.3, 0.4) is 0 Å². The van der Waals surface area contributed by atoms with Crippen LogP contribution in [0.5, 0.6) is 0 Å². The Morgan fingerprint density at radius 2 is 1.81 bits per heavy atom. The molecule has 1 atom stereocenters. The fraction of sp³-hybridized carbons (Fsp3) is 0.333. The zero-order chi connectivity index (χ0) is 11.4. The van der Waals surface area contributed by atoms with Gasteiger partial charge in [0, 0.05) is 25.5 Å². The van der Waals surface area contributed by atoms with Gasteiger partial charge in [0.05, 0.1) is 6.61 Å². The number of aliphatic hydroxyl groups excluding tert-OH is 1. The number of aliphatic hydroxyl groups is 1. The van der Waals surface area contributed by atoms with Crippen molar-refractivity contribution in [2.24, 2.45) is 0 Å². The van der Waals surface area contributed by atoms with Crippen molar-refractivity contribution < 1.29 is 5.11 Å². The van der Waals surface area contributed by atoms with Gasteiger partial charge in [-0.3, -0.25) is 0 Å². The van der Waals surface area contributed by atoms with Crippen molar-refractivity contribution in [1.29, 1.82) is 0 Å². The summed E-state index contributed by atoms with van der Waals surface area (Å²) < 4.78 is 0. The maximum Gasteiger partial charge on any atom is 0.179 e. The molecule has 0 aliphatic carbocycles. The van der Waals surface area contributed by atoms with E-state index in [2.05, 4.69) is 12.1 Å². The van der Waals surface area contributed by atoms with Crippen LogP contribution < -0.4 is 0 Å². The standard InChI is InChI=1S/C12H15ClN2O/c13-12-14(8-9-16)6-7-15(12)10-11-4-2-1-3-5-11/h1-7,12,16H,8-10H2. The molecule has 1 aromatic carbocycles. The zero-order valence-corrected chi connectivity index (χ0v) is 9.72. The lowest BCUT2D eigenvalue weighted by Crippen LogP contribution is -2.34. The normalized spacial score (nSPS) is 19.5. The molecule has 0 amide bonds. The van der Waals surface area contributed by atoms with Gasteiger partial charge in [0.1, 0.15) is 0 Å². The van der Waals surface area contributed by atoms with Crippen LogP contribution in [0, 0.1) is 0 Å². The molecular weight excluding hydrogens is 224 g/mol. The van der Waals surface area contributed by atoms with Crippen molar-refractivity contribution >= 4 is 11.6 Å². The summed E-state index contributed by atoms with van der Waals surface area (Å²) in [6, 6.07) is 10.2. The maximum absolute atomic E-state index is 8.87. The molecule has 1 unspecified atom stereocenters. The predicted molar refractivity (Wildman–Crippen MR) is 64.6 cm³/mol. The summed E-state index contributed by atoms with van der Waals surface area (Å²) in [7, 11) is 0. The molecule has 1 aliphatic rings. The summed E-state index contributed by atoms with van der Waals surface area (Å²) in [5.74, 6) is 0. The summed E-state index contributed by atoms with van der Waals surface area (Å²) in [6.07, 6.45) is 3.87. The topological polar surface area (TPSA) is 26.7 Å². The fourth-order valence-electron chi connectivity index (χ4n) is 1.72. The van der Waals surface area contributed by atoms with Crippen LogP contribution in [0.15, 0.2) is 42.7 Å². The van der Waals surface area contributed by atoms with Gasteiger partial charge in [0.2, 0.25) is 0 Å². The van der Waals surface area contributed by atoms with Crippen LogP contribution in [-0.2, 0) is 6.54 Å². The summed E-state index contributed by atoms with van der Waals surface area (Å²) in [5, 5.41) is 8.87. The third-order valence-electron chi connectivity index (χ3n) is 2.56. The molecule has 16 heavy (non-hydrogen) atoms. The van der Waals surface area contributed by atoms with Gasteiger partial charge in [-0.2, -0.15) is 0 Å². The number of hydrogen-bond acceptors (Lipinski definition) is 3. The Morgan fingerprint density at radius 1 is 1.12 bits per heavy atom. The average Bonchev–Trinajstić information content (AvgIpc) is 2.64. The lowest BCUT2D eigenvalue weighted by Gasteiger charge is -2.27. The molecule has 0 saturated carbocycles. The monoisotopic (exact) mass is 238 g/mol. The van der Waals surface area contributed by atoms with Crippen LogP contribution in [0.25, 0.3) is 0 Å². The summed E-state index contributed by atoms with van der Waals surface area (Å²) in [5.41, 5.74) is 1.02. The van der Waals surface area contributed by atoms with E-state index in [9.17, 15) is 0 Å². The van der Waals surface area contributed by atoms with E-state index in [4.69, 9.17) is 16.7 Å². The number of benzene rings is 1. The van der Waals surface area contributed by atoms with Gasteiger partial charge >= 0.3 is 0 Å². The Bertz CT molecular complexity index is 355. The second kappa shape index (κ2) is 5.23. The Hall–Kier alpha value is -1.19. The molecule has 86 valence electrons. The van der Waals surface area contributed by atoms with Crippen molar-refractivity contribution in [2.75, 3.05) is 13.2 Å². The molecule has 2 rings (SSSR count). The number of alkyl halides is 1. The van der Waals surface area contributed by atoms with E-state index in [1.165, 1.54) is 5.56 Å². The van der Waals surface area contributed by atoms with Crippen LogP contribution in [0.2, 0.25) is 0 Å². The van der Waals surface area contributed by atoms with Crippen LogP contribution >= 0.6 is 11.6 Å². The predicted octanol–water partition coefficient (Wildman–Crippen LogP) is 1.79. The second-order valence-corrected chi connectivity index (χ2v) is 4.12. The number of hydrogen-bond donors (Lipinski definition) is 1. The van der Waals surface area contributed by atoms with Crippen LogP contribution in [-0.4, -0.2) is 33.7 Å². The number of nitrogens with zero attached hydrogens (tertiary/aromatic N) is 2. The smallest absolute Gasteiger partial charge is 0.179 e. The van der Waals surface area contributed by atoms with Gasteiger partial charge in [-0.15, -0.1) is 0 Å². The molecular formula is C12H15ClN2O. The van der Waals surface area contributed by atoms with Gasteiger partial charge < -0.3 is 14.9 Å². The molecule has 4 heteroatoms. The first-order valence-corrected chi connectivity index (χ1v) is 5.73. The van der Waals surface area contributed by atoms with Gasteiger partial charge in [0.25, 0.3) is 0 Å². The molecule has 1 heterocycles. The number of halogens is 1. The minimum Gasteiger partial charge on any atom is -0.395 e. The first kappa shape index (κ1) is 11.3. The maximum atomic E-state index is 8.87. The molecule has 0 spiro atoms. The highest BCUT2D eigenvalue weighted by Crippen LogP contribution is 2.21. The van der Waals surface area contributed by atoms with E-state index in [-0.39, 0.29) is 12.2 Å². The van der Waals surface area contributed by atoms with Gasteiger partial charge in [0.15, 0.2) is 5.62 Å². The fourth-order valence-corrected chi connectivity index (χ4v) is 2.02. The Balaban J connectivity index is 1.95. The van der Waals surface area contributed by atoms with Gasteiger partial charge in [-0.1, -0.05) is 41.9 Å². The van der Waals surface area contributed by atoms with E-state index in [1.54, 1.807) is 0 Å². The third kappa shape index (κ3) is 2.49. The molecule has 0 bridgehead atoms. The minimum atomic E-state index is -0.202. The highest BCUT2D eigenvalue weighted by molar-refractivity contribution is 6.20. The summed E-state index contributed by atoms with van der Waals surface area (Å²) >= 11 is 6.25. The summed E-state index contributed by atoms with van der Waals surface area (Å²) in [4.78, 5) is 3.94. The first-order chi connectivity index (χ1) is 7.81. The average molecular weight is 239 g/mol. The Labute approximate surface area is 101 Å². The van der Waals surface area contributed by atoms with E-state index in [0.29, 0.717) is 6.54 Å².